The Morgan fingerprint density at radius 2 is 1.79 bits per heavy atom. The van der Waals surface area contributed by atoms with Gasteiger partial charge in [-0.25, -0.2) is 4.39 Å². The van der Waals surface area contributed by atoms with Crippen molar-refractivity contribution in [2.24, 2.45) is 5.73 Å². The number of hydrogen-bond donors (Lipinski definition) is 1. The van der Waals surface area contributed by atoms with Gasteiger partial charge in [0.15, 0.2) is 0 Å². The van der Waals surface area contributed by atoms with Crippen molar-refractivity contribution < 1.29 is 13.9 Å². The summed E-state index contributed by atoms with van der Waals surface area (Å²) in [6.45, 7) is 0.0300. The molecule has 106 valence electrons. The van der Waals surface area contributed by atoms with Crippen LogP contribution in [0, 0.1) is 0 Å². The molecule has 0 aromatic heterocycles. The number of halogens is 1. The van der Waals surface area contributed by atoms with E-state index in [9.17, 15) is 4.39 Å². The van der Waals surface area contributed by atoms with Crippen molar-refractivity contribution in [1.29, 1.82) is 0 Å². The molecule has 0 spiro atoms. The molecule has 0 amide bonds. The lowest BCUT2D eigenvalue weighted by molar-refractivity contribution is 0.361. The summed E-state index contributed by atoms with van der Waals surface area (Å²) >= 11 is 0. The molecule has 1 aromatic rings. The molecular formula is C15H22FNO2. The molecule has 0 radical (unpaired) electrons. The Hall–Kier alpha value is -1.29. The number of nitrogens with two attached hydrogens (primary N) is 1. The first kappa shape index (κ1) is 14.1. The fourth-order valence-electron chi connectivity index (χ4n) is 3.12. The number of hydrogen-bond acceptors (Lipinski definition) is 3. The van der Waals surface area contributed by atoms with Crippen LogP contribution in [0.4, 0.5) is 4.39 Å². The summed E-state index contributed by atoms with van der Waals surface area (Å²) < 4.78 is 23.8. The fraction of sp³-hybridized carbons (Fsp3) is 0.600. The van der Waals surface area contributed by atoms with Crippen molar-refractivity contribution in [2.75, 3.05) is 20.8 Å². The highest BCUT2D eigenvalue weighted by atomic mass is 19.1. The molecule has 0 heterocycles. The molecule has 0 unspecified atom stereocenters. The largest absolute Gasteiger partial charge is 0.496 e. The highest BCUT2D eigenvalue weighted by Crippen LogP contribution is 2.46. The molecule has 0 aliphatic heterocycles. The summed E-state index contributed by atoms with van der Waals surface area (Å²) in [5, 5.41) is 0. The van der Waals surface area contributed by atoms with Crippen LogP contribution in [0.25, 0.3) is 0 Å². The first-order chi connectivity index (χ1) is 9.20. The van der Waals surface area contributed by atoms with Gasteiger partial charge in [0.1, 0.15) is 18.2 Å². The normalized spacial score (nSPS) is 17.5. The van der Waals surface area contributed by atoms with E-state index in [1.54, 1.807) is 20.3 Å². The summed E-state index contributed by atoms with van der Waals surface area (Å²) in [7, 11) is 3.18. The second kappa shape index (κ2) is 5.78. The van der Waals surface area contributed by atoms with Gasteiger partial charge in [0.25, 0.3) is 0 Å². The quantitative estimate of drug-likeness (QED) is 0.892. The predicted octanol–water partition coefficient (Wildman–Crippen LogP) is 2.94. The van der Waals surface area contributed by atoms with Crippen LogP contribution in [-0.2, 0) is 12.1 Å². The summed E-state index contributed by atoms with van der Waals surface area (Å²) in [4.78, 5) is 0. The van der Waals surface area contributed by atoms with Crippen LogP contribution in [0.3, 0.4) is 0 Å². The molecule has 1 saturated carbocycles. The fourth-order valence-corrected chi connectivity index (χ4v) is 3.12. The smallest absolute Gasteiger partial charge is 0.128 e. The third kappa shape index (κ3) is 2.41. The van der Waals surface area contributed by atoms with Gasteiger partial charge in [0.2, 0.25) is 0 Å². The Bertz CT molecular complexity index is 442. The van der Waals surface area contributed by atoms with Gasteiger partial charge in [-0.15, -0.1) is 0 Å². The maximum atomic E-state index is 13.2. The monoisotopic (exact) mass is 267 g/mol. The first-order valence-electron chi connectivity index (χ1n) is 6.72. The van der Waals surface area contributed by atoms with Gasteiger partial charge >= 0.3 is 0 Å². The Morgan fingerprint density at radius 3 is 2.26 bits per heavy atom. The molecule has 1 aliphatic rings. The van der Waals surface area contributed by atoms with Gasteiger partial charge in [-0.2, -0.15) is 0 Å². The number of alkyl halides is 1. The molecule has 1 aromatic carbocycles. The topological polar surface area (TPSA) is 44.5 Å². The van der Waals surface area contributed by atoms with Crippen LogP contribution in [-0.4, -0.2) is 20.8 Å². The van der Waals surface area contributed by atoms with Gasteiger partial charge in [-0.1, -0.05) is 12.8 Å². The van der Waals surface area contributed by atoms with Crippen molar-refractivity contribution in [1.82, 2.24) is 0 Å². The summed E-state index contributed by atoms with van der Waals surface area (Å²) in [5.74, 6) is 1.29. The molecular weight excluding hydrogens is 245 g/mol. The lowest BCUT2D eigenvalue weighted by Crippen LogP contribution is -2.32. The van der Waals surface area contributed by atoms with Crippen LogP contribution in [0.15, 0.2) is 12.1 Å². The molecule has 0 atom stereocenters. The van der Waals surface area contributed by atoms with Crippen molar-refractivity contribution in [3.8, 4) is 11.5 Å². The zero-order chi connectivity index (χ0) is 13.9. The zero-order valence-electron chi connectivity index (χ0n) is 11.7. The van der Waals surface area contributed by atoms with E-state index in [-0.39, 0.29) is 5.41 Å². The van der Waals surface area contributed by atoms with Gasteiger partial charge in [0.05, 0.1) is 14.2 Å². The van der Waals surface area contributed by atoms with Crippen LogP contribution < -0.4 is 15.2 Å². The number of rotatable bonds is 5. The van der Waals surface area contributed by atoms with Crippen molar-refractivity contribution in [3.63, 3.8) is 0 Å². The minimum atomic E-state index is -0.541. The highest BCUT2D eigenvalue weighted by Gasteiger charge is 2.37. The van der Waals surface area contributed by atoms with E-state index in [2.05, 4.69) is 0 Å². The summed E-state index contributed by atoms with van der Waals surface area (Å²) in [5.41, 5.74) is 7.54. The molecule has 3 nitrogen and oxygen atoms in total. The lowest BCUT2D eigenvalue weighted by atomic mass is 9.78. The second-order valence-corrected chi connectivity index (χ2v) is 5.19. The number of ether oxygens (including phenoxy) is 2. The number of methoxy groups -OCH3 is 2. The van der Waals surface area contributed by atoms with E-state index in [1.807, 2.05) is 6.07 Å². The first-order valence-corrected chi connectivity index (χ1v) is 6.72. The molecule has 1 fully saturated rings. The van der Waals surface area contributed by atoms with Crippen LogP contribution in [0.2, 0.25) is 0 Å². The van der Waals surface area contributed by atoms with Crippen molar-refractivity contribution >= 4 is 0 Å². The average molecular weight is 267 g/mol. The SMILES string of the molecule is COc1cc(OC)c(C2(CN)CCCC2)cc1CF. The van der Waals surface area contributed by atoms with Gasteiger partial charge in [-0.3, -0.25) is 0 Å². The summed E-state index contributed by atoms with van der Waals surface area (Å²) in [6.07, 6.45) is 4.41. The minimum Gasteiger partial charge on any atom is -0.496 e. The van der Waals surface area contributed by atoms with E-state index < -0.39 is 6.67 Å². The minimum absolute atomic E-state index is 0.0679. The van der Waals surface area contributed by atoms with E-state index in [0.29, 0.717) is 17.9 Å². The number of benzene rings is 1. The highest BCUT2D eigenvalue weighted by molar-refractivity contribution is 5.50. The molecule has 2 rings (SSSR count). The van der Waals surface area contributed by atoms with E-state index in [0.717, 1.165) is 37.0 Å². The third-order valence-corrected chi connectivity index (χ3v) is 4.27. The van der Waals surface area contributed by atoms with Gasteiger partial charge in [0, 0.05) is 29.2 Å². The molecule has 19 heavy (non-hydrogen) atoms. The molecule has 1 aliphatic carbocycles. The lowest BCUT2D eigenvalue weighted by Gasteiger charge is -2.30. The van der Waals surface area contributed by atoms with Crippen LogP contribution in [0.5, 0.6) is 11.5 Å². The second-order valence-electron chi connectivity index (χ2n) is 5.19. The molecule has 2 N–H and O–H groups in total. The van der Waals surface area contributed by atoms with Gasteiger partial charge < -0.3 is 15.2 Å². The Balaban J connectivity index is 2.54. The van der Waals surface area contributed by atoms with E-state index >= 15 is 0 Å². The molecule has 0 saturated heterocycles. The molecule has 4 heteroatoms. The van der Waals surface area contributed by atoms with E-state index in [1.165, 1.54) is 0 Å². The Kier molecular flexibility index (Phi) is 4.30. The van der Waals surface area contributed by atoms with Crippen molar-refractivity contribution in [3.05, 3.63) is 23.3 Å². The van der Waals surface area contributed by atoms with Crippen LogP contribution in [0.1, 0.15) is 36.8 Å². The maximum Gasteiger partial charge on any atom is 0.128 e. The van der Waals surface area contributed by atoms with Crippen molar-refractivity contribution in [2.45, 2.75) is 37.8 Å². The van der Waals surface area contributed by atoms with E-state index in [4.69, 9.17) is 15.2 Å². The van der Waals surface area contributed by atoms with Gasteiger partial charge in [-0.05, 0) is 18.9 Å². The average Bonchev–Trinajstić information content (AvgIpc) is 2.95. The standard InChI is InChI=1S/C15H22FNO2/c1-18-13-8-14(19-2)12(7-11(13)9-16)15(10-17)5-3-4-6-15/h7-8H,3-6,9-10,17H2,1-2H3. The maximum absolute atomic E-state index is 13.2. The Morgan fingerprint density at radius 1 is 1.16 bits per heavy atom. The Labute approximate surface area is 113 Å². The predicted molar refractivity (Wildman–Crippen MR) is 73.6 cm³/mol. The molecule has 0 bridgehead atoms. The summed E-state index contributed by atoms with van der Waals surface area (Å²) in [6, 6.07) is 3.65. The zero-order valence-corrected chi connectivity index (χ0v) is 11.7. The van der Waals surface area contributed by atoms with Crippen LogP contribution >= 0.6 is 0 Å². The third-order valence-electron chi connectivity index (χ3n) is 4.27.